The van der Waals surface area contributed by atoms with Gasteiger partial charge in [-0.2, -0.15) is 0 Å². The molecule has 26 heavy (non-hydrogen) atoms. The fourth-order valence-corrected chi connectivity index (χ4v) is 3.22. The molecule has 7 heteroatoms. The molecule has 0 unspecified atom stereocenters. The molecule has 2 aromatic carbocycles. The second kappa shape index (κ2) is 7.03. The molecule has 0 aliphatic carbocycles. The Morgan fingerprint density at radius 2 is 1.81 bits per heavy atom. The molecule has 7 nitrogen and oxygen atoms in total. The van der Waals surface area contributed by atoms with Gasteiger partial charge in [0.05, 0.1) is 5.69 Å². The normalized spacial score (nSPS) is 15.8. The van der Waals surface area contributed by atoms with Gasteiger partial charge in [-0.15, -0.1) is 0 Å². The lowest BCUT2D eigenvalue weighted by atomic mass is 10.2. The Labute approximate surface area is 151 Å². The van der Waals surface area contributed by atoms with Crippen molar-refractivity contribution in [3.05, 3.63) is 48.0 Å². The second-order valence-electron chi connectivity index (χ2n) is 6.31. The van der Waals surface area contributed by atoms with Crippen LogP contribution in [0, 0.1) is 0 Å². The Kier molecular flexibility index (Phi) is 4.43. The summed E-state index contributed by atoms with van der Waals surface area (Å²) < 4.78 is 10.6. The summed E-state index contributed by atoms with van der Waals surface area (Å²) in [6.45, 7) is 3.29. The molecule has 2 aliphatic rings. The van der Waals surface area contributed by atoms with Gasteiger partial charge in [0, 0.05) is 32.7 Å². The molecule has 4 rings (SSSR count). The number of ether oxygens (including phenoxy) is 2. The summed E-state index contributed by atoms with van der Waals surface area (Å²) in [5, 5.41) is 12.9. The van der Waals surface area contributed by atoms with E-state index in [1.54, 1.807) is 17.0 Å². The number of aromatic hydroxyl groups is 1. The number of carbonyl (C=O) groups is 1. The van der Waals surface area contributed by atoms with Crippen LogP contribution in [0.4, 0.5) is 10.5 Å². The van der Waals surface area contributed by atoms with Crippen molar-refractivity contribution in [2.45, 2.75) is 6.54 Å². The zero-order valence-electron chi connectivity index (χ0n) is 14.4. The van der Waals surface area contributed by atoms with Gasteiger partial charge in [-0.05, 0) is 29.8 Å². The lowest BCUT2D eigenvalue weighted by Gasteiger charge is -2.36. The predicted molar refractivity (Wildman–Crippen MR) is 96.7 cm³/mol. The number of benzene rings is 2. The van der Waals surface area contributed by atoms with Gasteiger partial charge in [-0.3, -0.25) is 0 Å². The molecule has 0 atom stereocenters. The Morgan fingerprint density at radius 1 is 1.04 bits per heavy atom. The van der Waals surface area contributed by atoms with E-state index in [9.17, 15) is 9.90 Å². The lowest BCUT2D eigenvalue weighted by Crippen LogP contribution is -2.51. The largest absolute Gasteiger partial charge is 0.506 e. The number of anilines is 1. The van der Waals surface area contributed by atoms with E-state index < -0.39 is 0 Å². The highest BCUT2D eigenvalue weighted by atomic mass is 16.7. The zero-order valence-corrected chi connectivity index (χ0v) is 14.4. The fourth-order valence-electron chi connectivity index (χ4n) is 3.22. The summed E-state index contributed by atoms with van der Waals surface area (Å²) in [6.07, 6.45) is 0. The molecule has 136 valence electrons. The number of nitrogens with zero attached hydrogens (tertiary/aromatic N) is 2. The Morgan fingerprint density at radius 3 is 2.62 bits per heavy atom. The van der Waals surface area contributed by atoms with Crippen LogP contribution in [-0.4, -0.2) is 49.0 Å². The first-order chi connectivity index (χ1) is 12.7. The van der Waals surface area contributed by atoms with Crippen molar-refractivity contribution in [3.63, 3.8) is 0 Å². The highest BCUT2D eigenvalue weighted by Crippen LogP contribution is 2.32. The second-order valence-corrected chi connectivity index (χ2v) is 6.31. The molecule has 0 bridgehead atoms. The molecule has 0 spiro atoms. The fraction of sp³-hybridized carbons (Fsp3) is 0.316. The number of phenols is 1. The third-order valence-corrected chi connectivity index (χ3v) is 4.67. The number of fused-ring (bicyclic) bond motifs is 1. The van der Waals surface area contributed by atoms with Crippen molar-refractivity contribution in [2.75, 3.05) is 37.9 Å². The van der Waals surface area contributed by atoms with Crippen LogP contribution in [0.1, 0.15) is 5.56 Å². The number of hydrogen-bond donors (Lipinski definition) is 2. The van der Waals surface area contributed by atoms with Gasteiger partial charge < -0.3 is 29.7 Å². The van der Waals surface area contributed by atoms with Gasteiger partial charge in [0.25, 0.3) is 0 Å². The van der Waals surface area contributed by atoms with E-state index in [-0.39, 0.29) is 18.6 Å². The number of urea groups is 1. The highest BCUT2D eigenvalue weighted by Gasteiger charge is 2.22. The number of phenolic OH excluding ortho intramolecular Hbond substituents is 1. The Balaban J connectivity index is 1.29. The first-order valence-electron chi connectivity index (χ1n) is 8.65. The molecule has 2 amide bonds. The summed E-state index contributed by atoms with van der Waals surface area (Å²) in [6, 6.07) is 12.9. The van der Waals surface area contributed by atoms with Crippen LogP contribution in [-0.2, 0) is 6.54 Å². The van der Waals surface area contributed by atoms with E-state index in [0.29, 0.717) is 38.5 Å². The van der Waals surface area contributed by atoms with Gasteiger partial charge in [0.1, 0.15) is 5.75 Å². The topological polar surface area (TPSA) is 74.3 Å². The van der Waals surface area contributed by atoms with E-state index in [0.717, 1.165) is 17.0 Å². The average molecular weight is 355 g/mol. The molecular weight excluding hydrogens is 334 g/mol. The SMILES string of the molecule is O=C(NCc1ccc2c(c1)OCO2)N1CCN(c2ccccc2O)CC1. The number of nitrogens with one attached hydrogen (secondary N) is 1. The first kappa shape index (κ1) is 16.4. The molecule has 2 N–H and O–H groups in total. The van der Waals surface area contributed by atoms with Crippen LogP contribution in [0.25, 0.3) is 0 Å². The summed E-state index contributed by atoms with van der Waals surface area (Å²) in [5.41, 5.74) is 1.78. The number of carbonyl (C=O) groups excluding carboxylic acids is 1. The smallest absolute Gasteiger partial charge is 0.317 e. The summed E-state index contributed by atoms with van der Waals surface area (Å²) in [5.74, 6) is 1.72. The number of rotatable bonds is 3. The number of piperazine rings is 1. The van der Waals surface area contributed by atoms with Crippen molar-refractivity contribution in [1.29, 1.82) is 0 Å². The lowest BCUT2D eigenvalue weighted by molar-refractivity contribution is 0.174. The van der Waals surface area contributed by atoms with Gasteiger partial charge in [-0.25, -0.2) is 4.79 Å². The van der Waals surface area contributed by atoms with E-state index >= 15 is 0 Å². The molecule has 0 aromatic heterocycles. The molecule has 1 saturated heterocycles. The molecule has 2 heterocycles. The molecule has 0 radical (unpaired) electrons. The van der Waals surface area contributed by atoms with Crippen molar-refractivity contribution in [3.8, 4) is 17.2 Å². The monoisotopic (exact) mass is 355 g/mol. The minimum absolute atomic E-state index is 0.0837. The molecule has 2 aromatic rings. The van der Waals surface area contributed by atoms with Gasteiger partial charge in [0.2, 0.25) is 6.79 Å². The standard InChI is InChI=1S/C19H21N3O4/c23-16-4-2-1-3-15(16)21-7-9-22(10-8-21)19(24)20-12-14-5-6-17-18(11-14)26-13-25-17/h1-6,11,23H,7-10,12-13H2,(H,20,24). The molecule has 0 saturated carbocycles. The van der Waals surface area contributed by atoms with Crippen molar-refractivity contribution >= 4 is 11.7 Å². The average Bonchev–Trinajstić information content (AvgIpc) is 3.14. The van der Waals surface area contributed by atoms with Crippen LogP contribution >= 0.6 is 0 Å². The molecule has 1 fully saturated rings. The molecule has 2 aliphatic heterocycles. The maximum Gasteiger partial charge on any atom is 0.317 e. The van der Waals surface area contributed by atoms with E-state index in [4.69, 9.17) is 9.47 Å². The number of hydrogen-bond acceptors (Lipinski definition) is 5. The minimum atomic E-state index is -0.0837. The Hall–Kier alpha value is -3.09. The third kappa shape index (κ3) is 3.33. The van der Waals surface area contributed by atoms with Gasteiger partial charge in [-0.1, -0.05) is 18.2 Å². The van der Waals surface area contributed by atoms with E-state index in [2.05, 4.69) is 10.2 Å². The van der Waals surface area contributed by atoms with Crippen LogP contribution in [0.2, 0.25) is 0 Å². The summed E-state index contributed by atoms with van der Waals surface area (Å²) in [4.78, 5) is 16.3. The van der Waals surface area contributed by atoms with Gasteiger partial charge in [0.15, 0.2) is 11.5 Å². The zero-order chi connectivity index (χ0) is 17.9. The summed E-state index contributed by atoms with van der Waals surface area (Å²) >= 11 is 0. The predicted octanol–water partition coefficient (Wildman–Crippen LogP) is 2.15. The quantitative estimate of drug-likeness (QED) is 0.883. The van der Waals surface area contributed by atoms with Gasteiger partial charge >= 0.3 is 6.03 Å². The van der Waals surface area contributed by atoms with Crippen molar-refractivity contribution < 1.29 is 19.4 Å². The molecular formula is C19H21N3O4. The third-order valence-electron chi connectivity index (χ3n) is 4.67. The van der Waals surface area contributed by atoms with E-state index in [1.165, 1.54) is 0 Å². The maximum atomic E-state index is 12.4. The Bertz CT molecular complexity index is 803. The minimum Gasteiger partial charge on any atom is -0.506 e. The summed E-state index contributed by atoms with van der Waals surface area (Å²) in [7, 11) is 0. The van der Waals surface area contributed by atoms with Crippen LogP contribution in [0.3, 0.4) is 0 Å². The maximum absolute atomic E-state index is 12.4. The number of amides is 2. The highest BCUT2D eigenvalue weighted by molar-refractivity contribution is 5.74. The van der Waals surface area contributed by atoms with Crippen molar-refractivity contribution in [2.24, 2.45) is 0 Å². The van der Waals surface area contributed by atoms with E-state index in [1.807, 2.05) is 30.3 Å². The number of para-hydroxylation sites is 2. The first-order valence-corrected chi connectivity index (χ1v) is 8.65. The van der Waals surface area contributed by atoms with Crippen LogP contribution in [0.5, 0.6) is 17.2 Å². The van der Waals surface area contributed by atoms with Crippen LogP contribution in [0.15, 0.2) is 42.5 Å². The van der Waals surface area contributed by atoms with Crippen molar-refractivity contribution in [1.82, 2.24) is 10.2 Å². The van der Waals surface area contributed by atoms with Crippen LogP contribution < -0.4 is 19.7 Å².